The van der Waals surface area contributed by atoms with Gasteiger partial charge in [0.15, 0.2) is 0 Å². The van der Waals surface area contributed by atoms with Crippen LogP contribution in [-0.4, -0.2) is 11.9 Å². The summed E-state index contributed by atoms with van der Waals surface area (Å²) in [6, 6.07) is 5.99. The number of allylic oxidation sites excluding steroid dienone is 3. The molecular formula is C22H24O3. The van der Waals surface area contributed by atoms with Crippen LogP contribution in [0.4, 0.5) is 0 Å². The number of rotatable bonds is 2. The predicted molar refractivity (Wildman–Crippen MR) is 98.4 cm³/mol. The SMILES string of the molecule is CC1(C)CCC(C)(C)c2cc(OC(=O)C3=CCC(=C=O)C=C3)ccc21. The molecule has 3 heteroatoms. The third-order valence-corrected chi connectivity index (χ3v) is 5.41. The number of hydrogen-bond acceptors (Lipinski definition) is 3. The van der Waals surface area contributed by atoms with E-state index in [1.54, 1.807) is 18.2 Å². The van der Waals surface area contributed by atoms with Crippen molar-refractivity contribution in [3.05, 3.63) is 58.7 Å². The lowest BCUT2D eigenvalue weighted by atomic mass is 9.63. The highest BCUT2D eigenvalue weighted by atomic mass is 16.5. The molecule has 0 saturated carbocycles. The Kier molecular flexibility index (Phi) is 4.30. The van der Waals surface area contributed by atoms with Crippen LogP contribution in [0, 0.1) is 0 Å². The van der Waals surface area contributed by atoms with Gasteiger partial charge in [-0.05, 0) is 59.1 Å². The van der Waals surface area contributed by atoms with Gasteiger partial charge in [0.1, 0.15) is 11.7 Å². The molecule has 0 saturated heterocycles. The Labute approximate surface area is 149 Å². The molecule has 0 spiro atoms. The largest absolute Gasteiger partial charge is 0.423 e. The summed E-state index contributed by atoms with van der Waals surface area (Å²) in [5.41, 5.74) is 3.81. The average Bonchev–Trinajstić information content (AvgIpc) is 2.59. The summed E-state index contributed by atoms with van der Waals surface area (Å²) in [4.78, 5) is 23.0. The molecule has 0 unspecified atom stereocenters. The van der Waals surface area contributed by atoms with Gasteiger partial charge in [-0.15, -0.1) is 0 Å². The van der Waals surface area contributed by atoms with Crippen molar-refractivity contribution >= 4 is 11.9 Å². The maximum atomic E-state index is 12.4. The Morgan fingerprint density at radius 1 is 1.04 bits per heavy atom. The van der Waals surface area contributed by atoms with Gasteiger partial charge in [0.2, 0.25) is 0 Å². The van der Waals surface area contributed by atoms with Crippen molar-refractivity contribution in [2.75, 3.05) is 0 Å². The lowest BCUT2D eigenvalue weighted by molar-refractivity contribution is -0.129. The lowest BCUT2D eigenvalue weighted by Crippen LogP contribution is -2.33. The van der Waals surface area contributed by atoms with Crippen LogP contribution in [-0.2, 0) is 20.4 Å². The molecule has 0 fully saturated rings. The van der Waals surface area contributed by atoms with Crippen LogP contribution in [0.5, 0.6) is 5.75 Å². The van der Waals surface area contributed by atoms with E-state index in [9.17, 15) is 9.59 Å². The maximum Gasteiger partial charge on any atom is 0.343 e. The van der Waals surface area contributed by atoms with Gasteiger partial charge < -0.3 is 4.74 Å². The highest BCUT2D eigenvalue weighted by Gasteiger charge is 2.37. The molecule has 3 rings (SSSR count). The van der Waals surface area contributed by atoms with Gasteiger partial charge >= 0.3 is 5.97 Å². The number of carbonyl (C=O) groups is 1. The van der Waals surface area contributed by atoms with E-state index < -0.39 is 5.97 Å². The molecule has 130 valence electrons. The van der Waals surface area contributed by atoms with Gasteiger partial charge in [-0.1, -0.05) is 39.8 Å². The van der Waals surface area contributed by atoms with Gasteiger partial charge in [0.25, 0.3) is 0 Å². The van der Waals surface area contributed by atoms with Crippen molar-refractivity contribution in [2.45, 2.75) is 57.8 Å². The fourth-order valence-electron chi connectivity index (χ4n) is 3.57. The molecule has 2 aliphatic rings. The van der Waals surface area contributed by atoms with E-state index in [0.717, 1.165) is 12.8 Å². The second-order valence-corrected chi connectivity index (χ2v) is 8.19. The molecule has 25 heavy (non-hydrogen) atoms. The minimum Gasteiger partial charge on any atom is -0.423 e. The number of fused-ring (bicyclic) bond motifs is 1. The highest BCUT2D eigenvalue weighted by Crippen LogP contribution is 2.46. The summed E-state index contributed by atoms with van der Waals surface area (Å²) < 4.78 is 5.58. The fraction of sp³-hybridized carbons (Fsp3) is 0.409. The number of hydrogen-bond donors (Lipinski definition) is 0. The number of benzene rings is 1. The maximum absolute atomic E-state index is 12.4. The Hall–Kier alpha value is -2.38. The second kappa shape index (κ2) is 6.16. The Morgan fingerprint density at radius 2 is 1.72 bits per heavy atom. The third kappa shape index (κ3) is 3.38. The topological polar surface area (TPSA) is 43.4 Å². The Morgan fingerprint density at radius 3 is 2.32 bits per heavy atom. The molecule has 2 aliphatic carbocycles. The van der Waals surface area contributed by atoms with E-state index in [2.05, 4.69) is 33.8 Å². The normalized spacial score (nSPS) is 20.3. The zero-order chi connectivity index (χ0) is 18.2. The quantitative estimate of drug-likeness (QED) is 0.451. The van der Waals surface area contributed by atoms with Crippen molar-refractivity contribution in [3.63, 3.8) is 0 Å². The van der Waals surface area contributed by atoms with Gasteiger partial charge in [-0.25, -0.2) is 9.59 Å². The molecule has 0 atom stereocenters. The van der Waals surface area contributed by atoms with E-state index in [-0.39, 0.29) is 10.8 Å². The minimum absolute atomic E-state index is 0.0704. The number of ether oxygens (including phenoxy) is 1. The average molecular weight is 336 g/mol. The van der Waals surface area contributed by atoms with Crippen molar-refractivity contribution in [3.8, 4) is 5.75 Å². The van der Waals surface area contributed by atoms with Crippen LogP contribution in [0.3, 0.4) is 0 Å². The molecule has 0 aromatic heterocycles. The van der Waals surface area contributed by atoms with E-state index in [1.165, 1.54) is 11.1 Å². The first-order valence-corrected chi connectivity index (χ1v) is 8.72. The standard InChI is InChI=1S/C22H24O3/c1-21(2)11-12-22(3,4)19-13-17(9-10-18(19)21)25-20(24)16-7-5-15(14-23)6-8-16/h5,7-10,13H,6,11-12H2,1-4H3. The predicted octanol–water partition coefficient (Wildman–Crippen LogP) is 4.59. The van der Waals surface area contributed by atoms with Gasteiger partial charge in [-0.2, -0.15) is 0 Å². The molecule has 0 N–H and O–H groups in total. The number of carbonyl (C=O) groups excluding carboxylic acids is 2. The number of esters is 1. The summed E-state index contributed by atoms with van der Waals surface area (Å²) in [6.45, 7) is 9.02. The highest BCUT2D eigenvalue weighted by molar-refractivity contribution is 5.94. The second-order valence-electron chi connectivity index (χ2n) is 8.19. The molecule has 0 aliphatic heterocycles. The van der Waals surface area contributed by atoms with Crippen LogP contribution in [0.1, 0.15) is 58.1 Å². The van der Waals surface area contributed by atoms with E-state index in [0.29, 0.717) is 23.3 Å². The molecule has 0 radical (unpaired) electrons. The fourth-order valence-corrected chi connectivity index (χ4v) is 3.57. The molecule has 0 bridgehead atoms. The van der Waals surface area contributed by atoms with Crippen LogP contribution < -0.4 is 4.74 Å². The van der Waals surface area contributed by atoms with Crippen LogP contribution in [0.2, 0.25) is 0 Å². The van der Waals surface area contributed by atoms with E-state index in [1.807, 2.05) is 18.1 Å². The Bertz CT molecular complexity index is 831. The van der Waals surface area contributed by atoms with Gasteiger partial charge in [-0.3, -0.25) is 0 Å². The molecule has 3 nitrogen and oxygen atoms in total. The summed E-state index contributed by atoms with van der Waals surface area (Å²) in [5.74, 6) is 2.02. The summed E-state index contributed by atoms with van der Waals surface area (Å²) >= 11 is 0. The Balaban J connectivity index is 1.86. The third-order valence-electron chi connectivity index (χ3n) is 5.41. The monoisotopic (exact) mass is 336 g/mol. The van der Waals surface area contributed by atoms with Crippen molar-refractivity contribution in [1.82, 2.24) is 0 Å². The van der Waals surface area contributed by atoms with E-state index in [4.69, 9.17) is 4.74 Å². The molecule has 0 heterocycles. The first-order chi connectivity index (χ1) is 11.7. The summed E-state index contributed by atoms with van der Waals surface area (Å²) in [5, 5.41) is 0. The first kappa shape index (κ1) is 17.4. The molecule has 1 aromatic carbocycles. The molecule has 1 aromatic rings. The minimum atomic E-state index is -0.394. The summed E-state index contributed by atoms with van der Waals surface area (Å²) in [6.07, 6.45) is 7.60. The van der Waals surface area contributed by atoms with E-state index >= 15 is 0 Å². The van der Waals surface area contributed by atoms with Crippen molar-refractivity contribution in [2.24, 2.45) is 0 Å². The first-order valence-electron chi connectivity index (χ1n) is 8.72. The zero-order valence-corrected chi connectivity index (χ0v) is 15.3. The van der Waals surface area contributed by atoms with Crippen LogP contribution >= 0.6 is 0 Å². The smallest absolute Gasteiger partial charge is 0.343 e. The summed E-state index contributed by atoms with van der Waals surface area (Å²) in [7, 11) is 0. The van der Waals surface area contributed by atoms with Crippen molar-refractivity contribution in [1.29, 1.82) is 0 Å². The van der Waals surface area contributed by atoms with Crippen molar-refractivity contribution < 1.29 is 14.3 Å². The zero-order valence-electron chi connectivity index (χ0n) is 15.3. The lowest BCUT2D eigenvalue weighted by Gasteiger charge is -2.41. The van der Waals surface area contributed by atoms with Gasteiger partial charge in [0, 0.05) is 12.0 Å². The van der Waals surface area contributed by atoms with Crippen LogP contribution in [0.25, 0.3) is 0 Å². The van der Waals surface area contributed by atoms with Crippen LogP contribution in [0.15, 0.2) is 47.6 Å². The molecule has 0 amide bonds. The van der Waals surface area contributed by atoms with Gasteiger partial charge in [0.05, 0.1) is 5.57 Å². The molecular weight excluding hydrogens is 312 g/mol.